The van der Waals surface area contributed by atoms with Crippen LogP contribution in [0.4, 0.5) is 5.13 Å². The second-order valence-corrected chi connectivity index (χ2v) is 4.92. The van der Waals surface area contributed by atoms with Crippen molar-refractivity contribution in [2.45, 2.75) is 6.92 Å². The number of hydrogen-bond acceptors (Lipinski definition) is 4. The van der Waals surface area contributed by atoms with Crippen molar-refractivity contribution < 1.29 is 9.90 Å². The lowest BCUT2D eigenvalue weighted by molar-refractivity contribution is -0.114. The monoisotopic (exact) mass is 286 g/mol. The summed E-state index contributed by atoms with van der Waals surface area (Å²) in [5, 5.41) is 12.7. The third-order valence-electron chi connectivity index (χ3n) is 1.72. The van der Waals surface area contributed by atoms with Crippen molar-refractivity contribution >= 4 is 48.5 Å². The van der Waals surface area contributed by atoms with Crippen molar-refractivity contribution in [3.8, 4) is 5.75 Å². The fourth-order valence-corrected chi connectivity index (χ4v) is 2.75. The van der Waals surface area contributed by atoms with Crippen molar-refractivity contribution in [2.75, 3.05) is 5.32 Å². The number of carbonyl (C=O) groups excluding carboxylic acids is 1. The lowest BCUT2D eigenvalue weighted by atomic mass is 10.3. The summed E-state index contributed by atoms with van der Waals surface area (Å²) in [4.78, 5) is 14.9. The van der Waals surface area contributed by atoms with Crippen LogP contribution in [0.2, 0.25) is 0 Å². The Morgan fingerprint density at radius 3 is 3.00 bits per heavy atom. The number of benzene rings is 1. The van der Waals surface area contributed by atoms with E-state index in [1.807, 2.05) is 6.07 Å². The standard InChI is InChI=1S/C9H7BrN2O2S/c1-4(13)11-9-12-8-6(14)2-5(10)3-7(8)15-9/h2-3,14H,1H3,(H,11,12,13). The Hall–Kier alpha value is -1.14. The van der Waals surface area contributed by atoms with Gasteiger partial charge < -0.3 is 10.4 Å². The SMILES string of the molecule is CC(=O)Nc1nc2c(O)cc(Br)cc2s1. The number of fused-ring (bicyclic) bond motifs is 1. The smallest absolute Gasteiger partial charge is 0.223 e. The lowest BCUT2D eigenvalue weighted by Crippen LogP contribution is -2.04. The van der Waals surface area contributed by atoms with Crippen LogP contribution in [0.3, 0.4) is 0 Å². The van der Waals surface area contributed by atoms with Gasteiger partial charge in [0.2, 0.25) is 5.91 Å². The van der Waals surface area contributed by atoms with Gasteiger partial charge in [0.25, 0.3) is 0 Å². The van der Waals surface area contributed by atoms with Crippen molar-refractivity contribution in [1.82, 2.24) is 4.98 Å². The van der Waals surface area contributed by atoms with E-state index >= 15 is 0 Å². The van der Waals surface area contributed by atoms with Crippen LogP contribution < -0.4 is 5.32 Å². The van der Waals surface area contributed by atoms with Crippen LogP contribution in [0.25, 0.3) is 10.2 Å². The molecule has 0 saturated heterocycles. The first-order chi connectivity index (χ1) is 7.06. The van der Waals surface area contributed by atoms with Gasteiger partial charge in [0.1, 0.15) is 11.3 Å². The fraction of sp³-hybridized carbons (Fsp3) is 0.111. The van der Waals surface area contributed by atoms with E-state index in [0.29, 0.717) is 10.6 Å². The highest BCUT2D eigenvalue weighted by atomic mass is 79.9. The van der Waals surface area contributed by atoms with Gasteiger partial charge in [-0.3, -0.25) is 4.79 Å². The third-order valence-corrected chi connectivity index (χ3v) is 3.10. The zero-order valence-electron chi connectivity index (χ0n) is 7.74. The molecule has 2 aromatic rings. The van der Waals surface area contributed by atoms with Gasteiger partial charge >= 0.3 is 0 Å². The van der Waals surface area contributed by atoms with Gasteiger partial charge in [-0.1, -0.05) is 27.3 Å². The Labute approximate surface area is 98.1 Å². The molecule has 0 radical (unpaired) electrons. The summed E-state index contributed by atoms with van der Waals surface area (Å²) in [5.74, 6) is -0.0696. The Morgan fingerprint density at radius 2 is 2.33 bits per heavy atom. The molecular formula is C9H7BrN2O2S. The fourth-order valence-electron chi connectivity index (χ4n) is 1.18. The van der Waals surface area contributed by atoms with E-state index in [0.717, 1.165) is 9.17 Å². The second kappa shape index (κ2) is 3.79. The molecule has 1 aromatic carbocycles. The zero-order valence-corrected chi connectivity index (χ0v) is 10.1. The Bertz CT molecular complexity index is 538. The first-order valence-electron chi connectivity index (χ1n) is 4.13. The summed E-state index contributed by atoms with van der Waals surface area (Å²) >= 11 is 4.60. The van der Waals surface area contributed by atoms with Crippen LogP contribution in [-0.2, 0) is 4.79 Å². The van der Waals surface area contributed by atoms with E-state index in [4.69, 9.17) is 0 Å². The van der Waals surface area contributed by atoms with Gasteiger partial charge in [0.05, 0.1) is 4.70 Å². The Morgan fingerprint density at radius 1 is 1.60 bits per heavy atom. The van der Waals surface area contributed by atoms with Crippen LogP contribution in [0.15, 0.2) is 16.6 Å². The maximum absolute atomic E-state index is 10.8. The van der Waals surface area contributed by atoms with Crippen molar-refractivity contribution in [3.05, 3.63) is 16.6 Å². The van der Waals surface area contributed by atoms with Gasteiger partial charge in [-0.25, -0.2) is 4.98 Å². The van der Waals surface area contributed by atoms with Crippen molar-refractivity contribution in [1.29, 1.82) is 0 Å². The molecule has 0 saturated carbocycles. The van der Waals surface area contributed by atoms with Crippen LogP contribution in [0, 0.1) is 0 Å². The number of aromatic nitrogens is 1. The highest BCUT2D eigenvalue weighted by Crippen LogP contribution is 2.34. The summed E-state index contributed by atoms with van der Waals surface area (Å²) < 4.78 is 1.61. The number of halogens is 1. The largest absolute Gasteiger partial charge is 0.506 e. The number of amides is 1. The van der Waals surface area contributed by atoms with Gasteiger partial charge in [-0.2, -0.15) is 0 Å². The maximum atomic E-state index is 10.8. The van der Waals surface area contributed by atoms with Gasteiger partial charge in [0.15, 0.2) is 5.13 Å². The molecule has 0 atom stereocenters. The third kappa shape index (κ3) is 2.10. The first kappa shape index (κ1) is 10.4. The van der Waals surface area contributed by atoms with Crippen LogP contribution >= 0.6 is 27.3 Å². The number of nitrogens with one attached hydrogen (secondary N) is 1. The minimum atomic E-state index is -0.174. The number of nitrogens with zero attached hydrogens (tertiary/aromatic N) is 1. The van der Waals surface area contributed by atoms with Crippen LogP contribution in [0.1, 0.15) is 6.92 Å². The summed E-state index contributed by atoms with van der Waals surface area (Å²) in [6, 6.07) is 3.41. The van der Waals surface area contributed by atoms with E-state index in [9.17, 15) is 9.90 Å². The minimum absolute atomic E-state index is 0.104. The molecule has 2 N–H and O–H groups in total. The number of anilines is 1. The predicted molar refractivity (Wildman–Crippen MR) is 63.3 cm³/mol. The normalized spacial score (nSPS) is 10.5. The number of thiazole rings is 1. The molecular weight excluding hydrogens is 280 g/mol. The first-order valence-corrected chi connectivity index (χ1v) is 5.74. The Balaban J connectivity index is 2.55. The highest BCUT2D eigenvalue weighted by molar-refractivity contribution is 9.10. The molecule has 78 valence electrons. The molecule has 0 spiro atoms. The second-order valence-electron chi connectivity index (χ2n) is 2.97. The topological polar surface area (TPSA) is 62.2 Å². The van der Waals surface area contributed by atoms with E-state index in [-0.39, 0.29) is 11.7 Å². The molecule has 15 heavy (non-hydrogen) atoms. The van der Waals surface area contributed by atoms with Gasteiger partial charge in [0, 0.05) is 11.4 Å². The number of aromatic hydroxyl groups is 1. The predicted octanol–water partition coefficient (Wildman–Crippen LogP) is 2.72. The van der Waals surface area contributed by atoms with Gasteiger partial charge in [-0.15, -0.1) is 0 Å². The number of rotatable bonds is 1. The van der Waals surface area contributed by atoms with Crippen LogP contribution in [0.5, 0.6) is 5.75 Å². The molecule has 0 unspecified atom stereocenters. The summed E-state index contributed by atoms with van der Waals surface area (Å²) in [6.45, 7) is 1.42. The number of phenolic OH excluding ortho intramolecular Hbond substituents is 1. The highest BCUT2D eigenvalue weighted by Gasteiger charge is 2.09. The average molecular weight is 287 g/mol. The quantitative estimate of drug-likeness (QED) is 0.847. The molecule has 0 fully saturated rings. The van der Waals surface area contributed by atoms with E-state index in [1.54, 1.807) is 6.07 Å². The summed E-state index contributed by atoms with van der Waals surface area (Å²) in [6.07, 6.45) is 0. The van der Waals surface area contributed by atoms with Crippen LogP contribution in [-0.4, -0.2) is 16.0 Å². The minimum Gasteiger partial charge on any atom is -0.506 e. The van der Waals surface area contributed by atoms with E-state index in [1.165, 1.54) is 18.3 Å². The van der Waals surface area contributed by atoms with E-state index < -0.39 is 0 Å². The molecule has 6 heteroatoms. The van der Waals surface area contributed by atoms with Crippen molar-refractivity contribution in [3.63, 3.8) is 0 Å². The summed E-state index contributed by atoms with van der Waals surface area (Å²) in [5.41, 5.74) is 0.506. The van der Waals surface area contributed by atoms with Crippen molar-refractivity contribution in [2.24, 2.45) is 0 Å². The number of phenols is 1. The molecule has 2 rings (SSSR count). The molecule has 0 bridgehead atoms. The van der Waals surface area contributed by atoms with E-state index in [2.05, 4.69) is 26.2 Å². The molecule has 0 aliphatic rings. The average Bonchev–Trinajstić information content (AvgIpc) is 2.45. The zero-order chi connectivity index (χ0) is 11.0. The van der Waals surface area contributed by atoms with Gasteiger partial charge in [-0.05, 0) is 12.1 Å². The molecule has 0 aliphatic carbocycles. The summed E-state index contributed by atoms with van der Waals surface area (Å²) in [7, 11) is 0. The lowest BCUT2D eigenvalue weighted by Gasteiger charge is -1.93. The molecule has 1 aromatic heterocycles. The number of carbonyl (C=O) groups is 1. The maximum Gasteiger partial charge on any atom is 0.223 e. The molecule has 1 heterocycles. The molecule has 0 aliphatic heterocycles. The Kier molecular flexibility index (Phi) is 2.62. The number of hydrogen-bond donors (Lipinski definition) is 2. The molecule has 4 nitrogen and oxygen atoms in total. The molecule has 1 amide bonds.